The molecule has 0 spiro atoms. The Morgan fingerprint density at radius 2 is 2.04 bits per heavy atom. The summed E-state index contributed by atoms with van der Waals surface area (Å²) >= 11 is 0. The highest BCUT2D eigenvalue weighted by atomic mass is 16.6. The Morgan fingerprint density at radius 1 is 1.28 bits per heavy atom. The lowest BCUT2D eigenvalue weighted by Crippen LogP contribution is -2.40. The fourth-order valence-corrected chi connectivity index (χ4v) is 5.07. The van der Waals surface area contributed by atoms with Gasteiger partial charge < -0.3 is 14.4 Å². The molecule has 0 saturated carbocycles. The molecule has 25 heavy (non-hydrogen) atoms. The van der Waals surface area contributed by atoms with Gasteiger partial charge in [0.1, 0.15) is 12.2 Å². The predicted molar refractivity (Wildman–Crippen MR) is 97.2 cm³/mol. The van der Waals surface area contributed by atoms with Crippen LogP contribution in [-0.2, 0) is 14.3 Å². The fraction of sp³-hybridized carbons (Fsp3) is 0.857. The molecule has 0 aromatic carbocycles. The molecule has 0 bridgehead atoms. The van der Waals surface area contributed by atoms with Gasteiger partial charge in [-0.15, -0.1) is 0 Å². The highest BCUT2D eigenvalue weighted by molar-refractivity contribution is 5.75. The summed E-state index contributed by atoms with van der Waals surface area (Å²) in [5.74, 6) is 1.17. The molecule has 0 radical (unpaired) electrons. The van der Waals surface area contributed by atoms with E-state index >= 15 is 0 Å². The molecule has 140 valence electrons. The molecule has 5 atom stereocenters. The van der Waals surface area contributed by atoms with Crippen molar-refractivity contribution in [2.24, 2.45) is 17.8 Å². The van der Waals surface area contributed by atoms with Gasteiger partial charge in [0.2, 0.25) is 0 Å². The van der Waals surface area contributed by atoms with Gasteiger partial charge in [0.15, 0.2) is 0 Å². The van der Waals surface area contributed by atoms with E-state index in [1.807, 2.05) is 0 Å². The Bertz CT molecular complexity index is 551. The summed E-state index contributed by atoms with van der Waals surface area (Å²) in [6.45, 7) is 9.87. The van der Waals surface area contributed by atoms with Gasteiger partial charge in [-0.1, -0.05) is 18.6 Å². The maximum Gasteiger partial charge on any atom is 0.311 e. The number of rotatable bonds is 2. The van der Waals surface area contributed by atoms with Crippen LogP contribution < -0.4 is 0 Å². The van der Waals surface area contributed by atoms with E-state index in [9.17, 15) is 4.79 Å². The van der Waals surface area contributed by atoms with E-state index in [0.29, 0.717) is 5.92 Å². The molecule has 4 heteroatoms. The fourth-order valence-electron chi connectivity index (χ4n) is 5.07. The number of piperidine rings is 1. The SMILES string of the molecule is C/C1=C\CC[C@@]2(C)OC2C2OC(=O)[C@@H](CN3CCC(C)CC3)C2CC1. The Morgan fingerprint density at radius 3 is 2.80 bits per heavy atom. The molecule has 3 fully saturated rings. The second-order valence-electron chi connectivity index (χ2n) is 9.13. The molecule has 3 heterocycles. The van der Waals surface area contributed by atoms with Gasteiger partial charge >= 0.3 is 5.97 Å². The average Bonchev–Trinajstić information content (AvgIpc) is 3.15. The molecule has 3 unspecified atom stereocenters. The predicted octanol–water partition coefficient (Wildman–Crippen LogP) is 3.55. The van der Waals surface area contributed by atoms with E-state index in [0.717, 1.165) is 51.2 Å². The number of esters is 1. The lowest BCUT2D eigenvalue weighted by molar-refractivity contribution is -0.145. The van der Waals surface area contributed by atoms with Crippen LogP contribution in [-0.4, -0.2) is 48.3 Å². The minimum atomic E-state index is -0.0905. The normalized spacial score (nSPS) is 45.1. The van der Waals surface area contributed by atoms with Crippen LogP contribution >= 0.6 is 0 Å². The Balaban J connectivity index is 1.49. The van der Waals surface area contributed by atoms with Crippen LogP contribution in [0, 0.1) is 17.8 Å². The Hall–Kier alpha value is -0.870. The number of ether oxygens (including phenoxy) is 2. The molecular weight excluding hydrogens is 314 g/mol. The van der Waals surface area contributed by atoms with Crippen LogP contribution in [0.4, 0.5) is 0 Å². The summed E-state index contributed by atoms with van der Waals surface area (Å²) in [5, 5.41) is 0. The Labute approximate surface area is 151 Å². The van der Waals surface area contributed by atoms with Gasteiger partial charge in [0.05, 0.1) is 11.5 Å². The first-order valence-electron chi connectivity index (χ1n) is 10.2. The van der Waals surface area contributed by atoms with E-state index in [1.54, 1.807) is 0 Å². The molecule has 0 N–H and O–H groups in total. The number of likely N-dealkylation sites (tertiary alicyclic amines) is 1. The van der Waals surface area contributed by atoms with Gasteiger partial charge in [-0.3, -0.25) is 4.79 Å². The summed E-state index contributed by atoms with van der Waals surface area (Å²) in [6.07, 6.45) is 9.17. The first kappa shape index (κ1) is 17.5. The second kappa shape index (κ2) is 6.70. The number of hydrogen-bond donors (Lipinski definition) is 0. The summed E-state index contributed by atoms with van der Waals surface area (Å²) in [5.41, 5.74) is 1.36. The zero-order chi connectivity index (χ0) is 17.6. The van der Waals surface area contributed by atoms with E-state index < -0.39 is 0 Å². The van der Waals surface area contributed by atoms with Crippen LogP contribution in [0.25, 0.3) is 0 Å². The van der Waals surface area contributed by atoms with E-state index in [2.05, 4.69) is 31.7 Å². The van der Waals surface area contributed by atoms with Crippen molar-refractivity contribution in [3.63, 3.8) is 0 Å². The minimum Gasteiger partial charge on any atom is -0.459 e. The monoisotopic (exact) mass is 347 g/mol. The number of fused-ring (bicyclic) bond motifs is 3. The lowest BCUT2D eigenvalue weighted by atomic mass is 9.80. The third kappa shape index (κ3) is 3.52. The van der Waals surface area contributed by atoms with Crippen LogP contribution in [0.5, 0.6) is 0 Å². The highest BCUT2D eigenvalue weighted by Gasteiger charge is 2.62. The maximum absolute atomic E-state index is 12.7. The van der Waals surface area contributed by atoms with Crippen molar-refractivity contribution in [1.82, 2.24) is 4.90 Å². The number of carbonyl (C=O) groups excluding carboxylic acids is 1. The number of carbonyl (C=O) groups is 1. The molecule has 3 aliphatic heterocycles. The van der Waals surface area contributed by atoms with Crippen LogP contribution in [0.2, 0.25) is 0 Å². The van der Waals surface area contributed by atoms with Crippen molar-refractivity contribution in [1.29, 1.82) is 0 Å². The van der Waals surface area contributed by atoms with Crippen LogP contribution in [0.3, 0.4) is 0 Å². The number of epoxide rings is 1. The van der Waals surface area contributed by atoms with Gasteiger partial charge in [-0.05, 0) is 71.4 Å². The third-order valence-corrected chi connectivity index (χ3v) is 7.07. The van der Waals surface area contributed by atoms with Crippen molar-refractivity contribution in [2.45, 2.75) is 77.1 Å². The Kier molecular flexibility index (Phi) is 4.70. The maximum atomic E-state index is 12.7. The van der Waals surface area contributed by atoms with Crippen molar-refractivity contribution < 1.29 is 14.3 Å². The average molecular weight is 347 g/mol. The lowest BCUT2D eigenvalue weighted by Gasteiger charge is -2.32. The van der Waals surface area contributed by atoms with Gasteiger partial charge in [-0.2, -0.15) is 0 Å². The molecule has 0 aromatic rings. The number of hydrogen-bond acceptors (Lipinski definition) is 4. The van der Waals surface area contributed by atoms with E-state index in [-0.39, 0.29) is 29.7 Å². The van der Waals surface area contributed by atoms with Gasteiger partial charge in [0, 0.05) is 12.5 Å². The van der Waals surface area contributed by atoms with Crippen molar-refractivity contribution >= 4 is 5.97 Å². The first-order chi connectivity index (χ1) is 12.0. The highest BCUT2D eigenvalue weighted by Crippen LogP contribution is 2.50. The first-order valence-corrected chi connectivity index (χ1v) is 10.2. The molecule has 0 aromatic heterocycles. The molecule has 3 saturated heterocycles. The standard InChI is InChI=1S/C21H33NO3/c1-14-5-4-10-21(3)19(25-21)18-16(7-6-14)17(20(23)24-18)13-22-11-8-15(2)9-12-22/h5,15-19H,4,6-13H2,1-3H3/b14-5+/t16?,17-,18?,19?,21+/m0/s1. The minimum absolute atomic E-state index is 0.0207. The molecule has 4 nitrogen and oxygen atoms in total. The molecule has 1 aliphatic carbocycles. The smallest absolute Gasteiger partial charge is 0.311 e. The topological polar surface area (TPSA) is 42.1 Å². The number of allylic oxidation sites excluding steroid dienone is 2. The van der Waals surface area contributed by atoms with Gasteiger partial charge in [0.25, 0.3) is 0 Å². The van der Waals surface area contributed by atoms with Crippen LogP contribution in [0.1, 0.15) is 59.3 Å². The summed E-state index contributed by atoms with van der Waals surface area (Å²) in [4.78, 5) is 15.2. The molecule has 4 rings (SSSR count). The quantitative estimate of drug-likeness (QED) is 0.435. The molecule has 4 aliphatic rings. The summed E-state index contributed by atoms with van der Waals surface area (Å²) in [7, 11) is 0. The largest absolute Gasteiger partial charge is 0.459 e. The van der Waals surface area contributed by atoms with Crippen LogP contribution in [0.15, 0.2) is 11.6 Å². The summed E-state index contributed by atoms with van der Waals surface area (Å²) < 4.78 is 12.0. The second-order valence-corrected chi connectivity index (χ2v) is 9.13. The zero-order valence-electron chi connectivity index (χ0n) is 16.0. The number of nitrogens with zero attached hydrogens (tertiary/aromatic N) is 1. The van der Waals surface area contributed by atoms with Crippen molar-refractivity contribution in [3.05, 3.63) is 11.6 Å². The third-order valence-electron chi connectivity index (χ3n) is 7.07. The molecular formula is C21H33NO3. The van der Waals surface area contributed by atoms with Crippen molar-refractivity contribution in [3.8, 4) is 0 Å². The zero-order valence-corrected chi connectivity index (χ0v) is 16.0. The van der Waals surface area contributed by atoms with E-state index in [4.69, 9.17) is 9.47 Å². The van der Waals surface area contributed by atoms with E-state index in [1.165, 1.54) is 18.4 Å². The van der Waals surface area contributed by atoms with Gasteiger partial charge in [-0.25, -0.2) is 0 Å². The van der Waals surface area contributed by atoms with Crippen molar-refractivity contribution in [2.75, 3.05) is 19.6 Å². The summed E-state index contributed by atoms with van der Waals surface area (Å²) in [6, 6.07) is 0. The molecule has 0 amide bonds.